The summed E-state index contributed by atoms with van der Waals surface area (Å²) < 4.78 is 14.3. The van der Waals surface area contributed by atoms with Crippen LogP contribution in [0.5, 0.6) is 0 Å². The Labute approximate surface area is 139 Å². The van der Waals surface area contributed by atoms with Crippen molar-refractivity contribution in [3.8, 4) is 0 Å². The van der Waals surface area contributed by atoms with E-state index in [-0.39, 0.29) is 18.2 Å². The summed E-state index contributed by atoms with van der Waals surface area (Å²) in [6.07, 6.45) is 0. The van der Waals surface area contributed by atoms with Gasteiger partial charge in [0, 0.05) is 23.2 Å². The predicted molar refractivity (Wildman–Crippen MR) is 91.4 cm³/mol. The smallest absolute Gasteiger partial charge is 0.248 e. The number of aliphatic imine (C=N–C) groups is 1. The van der Waals surface area contributed by atoms with E-state index < -0.39 is 5.82 Å². The molecule has 0 spiro atoms. The summed E-state index contributed by atoms with van der Waals surface area (Å²) in [4.78, 5) is 30.1. The van der Waals surface area contributed by atoms with E-state index in [4.69, 9.17) is 0 Å². The first-order valence-electron chi connectivity index (χ1n) is 7.78. The third kappa shape index (κ3) is 2.73. The molecule has 0 fully saturated rings. The van der Waals surface area contributed by atoms with Gasteiger partial charge in [0.2, 0.25) is 5.91 Å². The van der Waals surface area contributed by atoms with Crippen molar-refractivity contribution >= 4 is 23.1 Å². The van der Waals surface area contributed by atoms with E-state index in [0.29, 0.717) is 34.6 Å². The molecule has 0 aromatic heterocycles. The summed E-state index contributed by atoms with van der Waals surface area (Å²) in [5.74, 6) is -0.655. The van der Waals surface area contributed by atoms with Crippen molar-refractivity contribution in [3.05, 3.63) is 65.0 Å². The summed E-state index contributed by atoms with van der Waals surface area (Å²) in [5, 5.41) is 0. The van der Waals surface area contributed by atoms with Gasteiger partial charge in [0.05, 0.1) is 11.4 Å². The lowest BCUT2D eigenvalue weighted by atomic mass is 9.96. The summed E-state index contributed by atoms with van der Waals surface area (Å²) >= 11 is 0. The molecule has 24 heavy (non-hydrogen) atoms. The van der Waals surface area contributed by atoms with E-state index in [1.54, 1.807) is 41.3 Å². The van der Waals surface area contributed by atoms with Gasteiger partial charge >= 0.3 is 0 Å². The minimum atomic E-state index is -0.409. The van der Waals surface area contributed by atoms with Gasteiger partial charge in [0.1, 0.15) is 12.4 Å². The third-order valence-corrected chi connectivity index (χ3v) is 4.07. The third-order valence-electron chi connectivity index (χ3n) is 4.07. The number of benzodiazepines with no additional fused rings is 1. The molecule has 0 aliphatic carbocycles. The maximum absolute atomic E-state index is 14.3. The average Bonchev–Trinajstić information content (AvgIpc) is 2.71. The van der Waals surface area contributed by atoms with E-state index in [2.05, 4.69) is 4.99 Å². The number of halogens is 1. The lowest BCUT2D eigenvalue weighted by Crippen LogP contribution is -2.32. The largest absolute Gasteiger partial charge is 0.310 e. The number of amides is 1. The number of hydrogen-bond acceptors (Lipinski definition) is 3. The number of carbonyl (C=O) groups excluding carboxylic acids is 2. The highest BCUT2D eigenvalue weighted by molar-refractivity contribution is 6.20. The first-order chi connectivity index (χ1) is 11.5. The molecule has 0 saturated heterocycles. The first kappa shape index (κ1) is 16.1. The highest BCUT2D eigenvalue weighted by Crippen LogP contribution is 2.29. The second-order valence-electron chi connectivity index (χ2n) is 5.57. The molecule has 122 valence electrons. The van der Waals surface area contributed by atoms with Crippen molar-refractivity contribution in [2.45, 2.75) is 13.8 Å². The van der Waals surface area contributed by atoms with Gasteiger partial charge in [-0.1, -0.05) is 12.1 Å². The fraction of sp³-hybridized carbons (Fsp3) is 0.211. The van der Waals surface area contributed by atoms with Gasteiger partial charge in [-0.05, 0) is 44.2 Å². The highest BCUT2D eigenvalue weighted by atomic mass is 19.1. The number of hydrogen-bond donors (Lipinski definition) is 0. The number of nitrogens with zero attached hydrogens (tertiary/aromatic N) is 2. The normalized spacial score (nSPS) is 14.0. The monoisotopic (exact) mass is 324 g/mol. The molecule has 1 aliphatic rings. The number of ketones is 1. The quantitative estimate of drug-likeness (QED) is 0.814. The SMILES string of the molecule is CCN1C(=O)CN=C(c2ccccc2F)c2cc(C(C)=O)ccc21. The van der Waals surface area contributed by atoms with Crippen LogP contribution >= 0.6 is 0 Å². The Morgan fingerprint density at radius 3 is 2.62 bits per heavy atom. The van der Waals surface area contributed by atoms with Crippen LogP contribution in [0.2, 0.25) is 0 Å². The second kappa shape index (κ2) is 6.35. The van der Waals surface area contributed by atoms with Crippen LogP contribution in [0.1, 0.15) is 35.3 Å². The van der Waals surface area contributed by atoms with Crippen LogP contribution in [0.4, 0.5) is 10.1 Å². The Bertz CT molecular complexity index is 858. The van der Waals surface area contributed by atoms with Crippen LogP contribution in [0.25, 0.3) is 0 Å². The summed E-state index contributed by atoms with van der Waals surface area (Å²) in [6.45, 7) is 3.77. The molecular weight excluding hydrogens is 307 g/mol. The van der Waals surface area contributed by atoms with Crippen LogP contribution in [-0.2, 0) is 4.79 Å². The number of likely N-dealkylation sites (N-methyl/N-ethyl adjacent to an activating group) is 1. The van der Waals surface area contributed by atoms with Gasteiger partial charge in [-0.15, -0.1) is 0 Å². The molecule has 4 nitrogen and oxygen atoms in total. The van der Waals surface area contributed by atoms with Crippen molar-refractivity contribution in [2.75, 3.05) is 18.0 Å². The molecule has 2 aromatic carbocycles. The number of carbonyl (C=O) groups is 2. The zero-order valence-corrected chi connectivity index (χ0v) is 13.5. The van der Waals surface area contributed by atoms with Crippen LogP contribution in [-0.4, -0.2) is 30.5 Å². The Balaban J connectivity index is 2.28. The van der Waals surface area contributed by atoms with Gasteiger partial charge in [-0.2, -0.15) is 0 Å². The predicted octanol–water partition coefficient (Wildman–Crippen LogP) is 3.23. The molecule has 3 rings (SSSR count). The highest BCUT2D eigenvalue weighted by Gasteiger charge is 2.25. The molecule has 1 heterocycles. The fourth-order valence-corrected chi connectivity index (χ4v) is 2.86. The molecule has 5 heteroatoms. The zero-order chi connectivity index (χ0) is 17.3. The first-order valence-corrected chi connectivity index (χ1v) is 7.78. The molecule has 0 N–H and O–H groups in total. The van der Waals surface area contributed by atoms with E-state index in [9.17, 15) is 14.0 Å². The topological polar surface area (TPSA) is 49.7 Å². The average molecular weight is 324 g/mol. The van der Waals surface area contributed by atoms with Crippen LogP contribution in [0, 0.1) is 5.82 Å². The Kier molecular flexibility index (Phi) is 4.25. The molecule has 0 bridgehead atoms. The van der Waals surface area contributed by atoms with Crippen molar-refractivity contribution in [3.63, 3.8) is 0 Å². The molecule has 1 aliphatic heterocycles. The Hall–Kier alpha value is -2.82. The van der Waals surface area contributed by atoms with E-state index in [1.807, 2.05) is 6.92 Å². The van der Waals surface area contributed by atoms with Crippen LogP contribution in [0.3, 0.4) is 0 Å². The van der Waals surface area contributed by atoms with Gasteiger partial charge in [0.25, 0.3) is 0 Å². The molecule has 1 amide bonds. The maximum Gasteiger partial charge on any atom is 0.248 e. The van der Waals surface area contributed by atoms with Gasteiger partial charge in [-0.25, -0.2) is 4.39 Å². The zero-order valence-electron chi connectivity index (χ0n) is 13.5. The Morgan fingerprint density at radius 2 is 1.96 bits per heavy atom. The number of rotatable bonds is 3. The minimum absolute atomic E-state index is 0.0540. The molecule has 2 aromatic rings. The van der Waals surface area contributed by atoms with Crippen molar-refractivity contribution < 1.29 is 14.0 Å². The summed E-state index contributed by atoms with van der Waals surface area (Å²) in [5.41, 5.74) is 2.47. The molecule has 0 saturated carbocycles. The van der Waals surface area contributed by atoms with Crippen LogP contribution < -0.4 is 4.90 Å². The molecule has 0 atom stereocenters. The van der Waals surface area contributed by atoms with Gasteiger partial charge in [-0.3, -0.25) is 14.6 Å². The minimum Gasteiger partial charge on any atom is -0.310 e. The van der Waals surface area contributed by atoms with E-state index in [1.165, 1.54) is 13.0 Å². The molecule has 0 unspecified atom stereocenters. The number of anilines is 1. The van der Waals surface area contributed by atoms with Gasteiger partial charge < -0.3 is 4.90 Å². The molecular formula is C19H17FN2O2. The van der Waals surface area contributed by atoms with Crippen molar-refractivity contribution in [1.29, 1.82) is 0 Å². The standard InChI is InChI=1S/C19H17FN2O2/c1-3-22-17-9-8-13(12(2)23)10-15(17)19(21-11-18(22)24)14-6-4-5-7-16(14)20/h4-10H,3,11H2,1-2H3. The summed E-state index contributed by atoms with van der Waals surface area (Å²) in [6, 6.07) is 11.4. The lowest BCUT2D eigenvalue weighted by Gasteiger charge is -2.21. The lowest BCUT2D eigenvalue weighted by molar-refractivity contribution is -0.117. The fourth-order valence-electron chi connectivity index (χ4n) is 2.86. The van der Waals surface area contributed by atoms with E-state index >= 15 is 0 Å². The number of fused-ring (bicyclic) bond motifs is 1. The van der Waals surface area contributed by atoms with Gasteiger partial charge in [0.15, 0.2) is 5.78 Å². The summed E-state index contributed by atoms with van der Waals surface area (Å²) in [7, 11) is 0. The second-order valence-corrected chi connectivity index (χ2v) is 5.57. The van der Waals surface area contributed by atoms with Crippen molar-refractivity contribution in [1.82, 2.24) is 0 Å². The molecule has 0 radical (unpaired) electrons. The van der Waals surface area contributed by atoms with Crippen molar-refractivity contribution in [2.24, 2.45) is 4.99 Å². The Morgan fingerprint density at radius 1 is 1.21 bits per heavy atom. The number of benzene rings is 2. The van der Waals surface area contributed by atoms with E-state index in [0.717, 1.165) is 0 Å². The van der Waals surface area contributed by atoms with Crippen LogP contribution in [0.15, 0.2) is 47.5 Å². The number of Topliss-reactive ketones (excluding diaryl/α,β-unsaturated/α-hetero) is 1. The maximum atomic E-state index is 14.3.